The summed E-state index contributed by atoms with van der Waals surface area (Å²) < 4.78 is 10.6. The van der Waals surface area contributed by atoms with Gasteiger partial charge in [-0.25, -0.2) is 9.59 Å². The van der Waals surface area contributed by atoms with Crippen molar-refractivity contribution in [3.05, 3.63) is 59.7 Å². The molecule has 1 aliphatic carbocycles. The summed E-state index contributed by atoms with van der Waals surface area (Å²) in [5.41, 5.74) is 3.52. The van der Waals surface area contributed by atoms with Crippen LogP contribution in [0.1, 0.15) is 44.7 Å². The maximum absolute atomic E-state index is 12.4. The zero-order valence-electron chi connectivity index (χ0n) is 18.0. The molecule has 0 saturated heterocycles. The molecule has 1 amide bonds. The van der Waals surface area contributed by atoms with Crippen LogP contribution in [0.2, 0.25) is 0 Å². The molecule has 31 heavy (non-hydrogen) atoms. The number of carbonyl (C=O) groups excluding carboxylic acids is 2. The van der Waals surface area contributed by atoms with E-state index in [1.54, 1.807) is 20.8 Å². The SMILES string of the molecule is CC(C(=O)OC(C)(C)C)[C@@H](NC(=O)OCC1c2ccccc2-c2ccccc21)C(=O)O. The number of hydrogen-bond donors (Lipinski definition) is 2. The highest BCUT2D eigenvalue weighted by Gasteiger charge is 2.35. The minimum absolute atomic E-state index is 0.0486. The van der Waals surface area contributed by atoms with E-state index in [9.17, 15) is 19.5 Å². The summed E-state index contributed by atoms with van der Waals surface area (Å²) >= 11 is 0. The number of amides is 1. The van der Waals surface area contributed by atoms with E-state index < -0.39 is 35.6 Å². The second kappa shape index (κ2) is 8.79. The molecule has 2 aromatic rings. The molecule has 0 bridgehead atoms. The number of ether oxygens (including phenoxy) is 2. The fourth-order valence-corrected chi connectivity index (χ4v) is 3.70. The average molecular weight is 425 g/mol. The molecule has 164 valence electrons. The van der Waals surface area contributed by atoms with Crippen LogP contribution in [0.4, 0.5) is 4.79 Å². The molecule has 1 aliphatic rings. The van der Waals surface area contributed by atoms with E-state index in [4.69, 9.17) is 9.47 Å². The lowest BCUT2D eigenvalue weighted by molar-refractivity contribution is -0.163. The number of carboxylic acids is 1. The van der Waals surface area contributed by atoms with Crippen LogP contribution in [0.5, 0.6) is 0 Å². The molecule has 0 fully saturated rings. The van der Waals surface area contributed by atoms with Crippen LogP contribution in [0.25, 0.3) is 11.1 Å². The van der Waals surface area contributed by atoms with Crippen LogP contribution in [0.3, 0.4) is 0 Å². The van der Waals surface area contributed by atoms with Crippen molar-refractivity contribution in [2.24, 2.45) is 5.92 Å². The van der Waals surface area contributed by atoms with Gasteiger partial charge >= 0.3 is 18.0 Å². The topological polar surface area (TPSA) is 102 Å². The number of rotatable bonds is 6. The molecule has 0 aliphatic heterocycles. The average Bonchev–Trinajstić information content (AvgIpc) is 3.02. The first-order valence-corrected chi connectivity index (χ1v) is 10.2. The zero-order chi connectivity index (χ0) is 22.8. The first kappa shape index (κ1) is 22.3. The van der Waals surface area contributed by atoms with Gasteiger partial charge in [-0.05, 0) is 49.9 Å². The summed E-state index contributed by atoms with van der Waals surface area (Å²) in [6.45, 7) is 6.51. The largest absolute Gasteiger partial charge is 0.480 e. The third-order valence-corrected chi connectivity index (χ3v) is 5.16. The number of carbonyl (C=O) groups is 3. The minimum atomic E-state index is -1.47. The van der Waals surface area contributed by atoms with E-state index in [2.05, 4.69) is 5.32 Å². The monoisotopic (exact) mass is 425 g/mol. The maximum Gasteiger partial charge on any atom is 0.407 e. The second-order valence-electron chi connectivity index (χ2n) is 8.61. The van der Waals surface area contributed by atoms with Gasteiger partial charge in [-0.2, -0.15) is 0 Å². The molecule has 0 aromatic heterocycles. The summed E-state index contributed by atoms with van der Waals surface area (Å²) in [4.78, 5) is 36.3. The molecule has 0 heterocycles. The number of alkyl carbamates (subject to hydrolysis) is 1. The van der Waals surface area contributed by atoms with Gasteiger partial charge in [0.1, 0.15) is 18.2 Å². The molecular formula is C24H27NO6. The van der Waals surface area contributed by atoms with Gasteiger partial charge in [-0.3, -0.25) is 4.79 Å². The Hall–Kier alpha value is -3.35. The van der Waals surface area contributed by atoms with E-state index in [0.29, 0.717) is 0 Å². The van der Waals surface area contributed by atoms with E-state index in [0.717, 1.165) is 22.3 Å². The molecule has 7 nitrogen and oxygen atoms in total. The Labute approximate surface area is 181 Å². The Morgan fingerprint density at radius 1 is 1.00 bits per heavy atom. The van der Waals surface area contributed by atoms with Crippen LogP contribution in [-0.2, 0) is 19.1 Å². The zero-order valence-corrected chi connectivity index (χ0v) is 18.0. The number of aliphatic carboxylic acids is 1. The lowest BCUT2D eigenvalue weighted by Crippen LogP contribution is -2.49. The smallest absolute Gasteiger partial charge is 0.407 e. The van der Waals surface area contributed by atoms with Crippen LogP contribution >= 0.6 is 0 Å². The molecule has 0 saturated carbocycles. The van der Waals surface area contributed by atoms with Crippen molar-refractivity contribution in [2.75, 3.05) is 6.61 Å². The second-order valence-corrected chi connectivity index (χ2v) is 8.61. The molecule has 2 aromatic carbocycles. The van der Waals surface area contributed by atoms with Gasteiger partial charge in [0, 0.05) is 5.92 Å². The van der Waals surface area contributed by atoms with Crippen LogP contribution in [-0.4, -0.2) is 41.4 Å². The Bertz CT molecular complexity index is 948. The fraction of sp³-hybridized carbons (Fsp3) is 0.375. The highest BCUT2D eigenvalue weighted by atomic mass is 16.6. The third kappa shape index (κ3) is 5.05. The number of nitrogens with one attached hydrogen (secondary N) is 1. The van der Waals surface area contributed by atoms with Crippen molar-refractivity contribution < 1.29 is 29.0 Å². The summed E-state index contributed by atoms with van der Waals surface area (Å²) in [5, 5.41) is 11.8. The molecule has 0 radical (unpaired) electrons. The maximum atomic E-state index is 12.4. The van der Waals surface area contributed by atoms with Crippen molar-refractivity contribution in [1.82, 2.24) is 5.32 Å². The fourth-order valence-electron chi connectivity index (χ4n) is 3.70. The first-order valence-electron chi connectivity index (χ1n) is 10.2. The molecule has 7 heteroatoms. The van der Waals surface area contributed by atoms with Crippen molar-refractivity contribution >= 4 is 18.0 Å². The van der Waals surface area contributed by atoms with Crippen molar-refractivity contribution in [2.45, 2.75) is 45.3 Å². The van der Waals surface area contributed by atoms with E-state index in [-0.39, 0.29) is 12.5 Å². The normalized spacial score (nSPS) is 14.7. The van der Waals surface area contributed by atoms with E-state index in [1.165, 1.54) is 6.92 Å². The molecular weight excluding hydrogens is 398 g/mol. The molecule has 2 N–H and O–H groups in total. The van der Waals surface area contributed by atoms with Gasteiger partial charge in [-0.1, -0.05) is 48.5 Å². The van der Waals surface area contributed by atoms with Gasteiger partial charge in [0.2, 0.25) is 0 Å². The quantitative estimate of drug-likeness (QED) is 0.680. The first-order chi connectivity index (χ1) is 14.6. The molecule has 1 unspecified atom stereocenters. The van der Waals surface area contributed by atoms with Crippen LogP contribution in [0.15, 0.2) is 48.5 Å². The number of esters is 1. The van der Waals surface area contributed by atoms with E-state index >= 15 is 0 Å². The minimum Gasteiger partial charge on any atom is -0.480 e. The lowest BCUT2D eigenvalue weighted by Gasteiger charge is -2.25. The third-order valence-electron chi connectivity index (χ3n) is 5.16. The Balaban J connectivity index is 1.68. The Morgan fingerprint density at radius 2 is 1.52 bits per heavy atom. The number of hydrogen-bond acceptors (Lipinski definition) is 5. The standard InChI is InChI=1S/C24H27NO6/c1-14(22(28)31-24(2,3)4)20(21(26)27)25-23(29)30-13-19-17-11-7-5-9-15(17)16-10-6-8-12-18(16)19/h5-12,14,19-20H,13H2,1-4H3,(H,25,29)(H,26,27)/t14?,20-/m1/s1. The highest BCUT2D eigenvalue weighted by Crippen LogP contribution is 2.44. The number of carboxylic acid groups (broad SMARTS) is 1. The van der Waals surface area contributed by atoms with Gasteiger partial charge in [-0.15, -0.1) is 0 Å². The molecule has 2 atom stereocenters. The van der Waals surface area contributed by atoms with Crippen LogP contribution < -0.4 is 5.32 Å². The van der Waals surface area contributed by atoms with Crippen LogP contribution in [0, 0.1) is 5.92 Å². The highest BCUT2D eigenvalue weighted by molar-refractivity contribution is 5.87. The van der Waals surface area contributed by atoms with E-state index in [1.807, 2.05) is 48.5 Å². The van der Waals surface area contributed by atoms with Crippen molar-refractivity contribution in [3.63, 3.8) is 0 Å². The predicted octanol–water partition coefficient (Wildman–Crippen LogP) is 3.96. The van der Waals surface area contributed by atoms with Crippen molar-refractivity contribution in [3.8, 4) is 11.1 Å². The van der Waals surface area contributed by atoms with Crippen molar-refractivity contribution in [1.29, 1.82) is 0 Å². The molecule has 3 rings (SSSR count). The summed E-state index contributed by atoms with van der Waals surface area (Å²) in [7, 11) is 0. The summed E-state index contributed by atoms with van der Waals surface area (Å²) in [6, 6.07) is 14.3. The predicted molar refractivity (Wildman–Crippen MR) is 115 cm³/mol. The summed E-state index contributed by atoms with van der Waals surface area (Å²) in [5.74, 6) is -3.28. The Morgan fingerprint density at radius 3 is 2.00 bits per heavy atom. The van der Waals surface area contributed by atoms with Gasteiger partial charge in [0.05, 0.1) is 5.92 Å². The Kier molecular flexibility index (Phi) is 6.34. The number of benzene rings is 2. The van der Waals surface area contributed by atoms with Gasteiger partial charge in [0.15, 0.2) is 0 Å². The van der Waals surface area contributed by atoms with Gasteiger partial charge in [0.25, 0.3) is 0 Å². The number of fused-ring (bicyclic) bond motifs is 3. The molecule has 0 spiro atoms. The van der Waals surface area contributed by atoms with Gasteiger partial charge < -0.3 is 19.9 Å². The summed E-state index contributed by atoms with van der Waals surface area (Å²) in [6.07, 6.45) is -0.898. The lowest BCUT2D eigenvalue weighted by atomic mass is 9.98.